The van der Waals surface area contributed by atoms with E-state index in [1.54, 1.807) is 13.0 Å². The summed E-state index contributed by atoms with van der Waals surface area (Å²) >= 11 is 0. The fourth-order valence-corrected chi connectivity index (χ4v) is 0.222. The van der Waals surface area contributed by atoms with Gasteiger partial charge < -0.3 is 5.11 Å². The summed E-state index contributed by atoms with van der Waals surface area (Å²) in [5.74, 6) is 1.90. The average Bonchev–Trinajstić information content (AvgIpc) is 1.64. The Balaban J connectivity index is 3.99. The zero-order valence-corrected chi connectivity index (χ0v) is 5.26. The first-order chi connectivity index (χ1) is 3.98. The predicted octanol–water partition coefficient (Wildman–Crippen LogP) is -0.465. The van der Waals surface area contributed by atoms with E-state index < -0.39 is 11.0 Å². The Morgan fingerprint density at radius 3 is 2.00 bits per heavy atom. The Morgan fingerprint density at radius 1 is 1.44 bits per heavy atom. The van der Waals surface area contributed by atoms with Crippen molar-refractivity contribution in [1.82, 2.24) is 0 Å². The van der Waals surface area contributed by atoms with Crippen molar-refractivity contribution in [2.75, 3.05) is 0 Å². The van der Waals surface area contributed by atoms with Crippen molar-refractivity contribution in [2.24, 2.45) is 5.92 Å². The van der Waals surface area contributed by atoms with Gasteiger partial charge >= 0.3 is 0 Å². The molecular weight excluding hydrogens is 108 g/mol. The van der Waals surface area contributed by atoms with E-state index in [0.29, 0.717) is 0 Å². The van der Waals surface area contributed by atoms with Gasteiger partial charge in [0.25, 0.3) is 0 Å². The van der Waals surface area contributed by atoms with Crippen LogP contribution in [0.2, 0.25) is 5.11 Å². The van der Waals surface area contributed by atoms with Crippen LogP contribution in [0.15, 0.2) is 0 Å². The Labute approximate surface area is 59.4 Å². The number of aliphatic hydroxyl groups excluding tert-OH is 1. The summed E-state index contributed by atoms with van der Waals surface area (Å²) in [5.41, 5.74) is 0. The van der Waals surface area contributed by atoms with Crippen LogP contribution in [-0.4, -0.2) is 28.6 Å². The highest BCUT2D eigenvalue weighted by molar-refractivity contribution is 6.59. The van der Waals surface area contributed by atoms with Crippen molar-refractivity contribution in [3.63, 3.8) is 0 Å². The van der Waals surface area contributed by atoms with Crippen LogP contribution in [0.1, 0.15) is 6.92 Å². The molecule has 1 atom stereocenters. The van der Waals surface area contributed by atoms with E-state index in [-0.39, 0.29) is 0 Å². The SMILES string of the molecule is [B]C([B])([B])C(C)C#CO. The second-order valence-corrected chi connectivity index (χ2v) is 1.98. The third-order valence-electron chi connectivity index (χ3n) is 1.03. The molecule has 0 bridgehead atoms. The third kappa shape index (κ3) is 3.19. The Hall–Kier alpha value is -0.445. The van der Waals surface area contributed by atoms with Crippen LogP contribution >= 0.6 is 0 Å². The van der Waals surface area contributed by atoms with E-state index in [4.69, 9.17) is 28.6 Å². The van der Waals surface area contributed by atoms with E-state index in [1.165, 1.54) is 0 Å². The van der Waals surface area contributed by atoms with Crippen LogP contribution in [0.4, 0.5) is 0 Å². The highest BCUT2D eigenvalue weighted by atomic mass is 16.2. The van der Waals surface area contributed by atoms with Gasteiger partial charge in [0.2, 0.25) is 0 Å². The van der Waals surface area contributed by atoms with Gasteiger partial charge in [-0.25, -0.2) is 0 Å². The lowest BCUT2D eigenvalue weighted by molar-refractivity contribution is 0.513. The summed E-state index contributed by atoms with van der Waals surface area (Å²) in [5, 5.41) is 6.75. The monoisotopic (exact) mass is 114 g/mol. The molecule has 0 aliphatic carbocycles. The van der Waals surface area contributed by atoms with Gasteiger partial charge in [-0.3, -0.25) is 0 Å². The Morgan fingerprint density at radius 2 is 1.89 bits per heavy atom. The minimum absolute atomic E-state index is 0.414. The van der Waals surface area contributed by atoms with E-state index in [9.17, 15) is 0 Å². The maximum Gasteiger partial charge on any atom is 0.107 e. The average molecular weight is 114 g/mol. The molecule has 1 unspecified atom stereocenters. The van der Waals surface area contributed by atoms with E-state index in [1.807, 2.05) is 0 Å². The number of aliphatic hydroxyl groups is 1. The molecule has 1 nitrogen and oxygen atoms in total. The number of hydrogen-bond donors (Lipinski definition) is 1. The van der Waals surface area contributed by atoms with Gasteiger partial charge in [0.1, 0.15) is 6.11 Å². The molecule has 0 aromatic carbocycles. The fraction of sp³-hybridized carbons (Fsp3) is 0.600. The molecule has 0 saturated carbocycles. The maximum atomic E-state index is 8.07. The van der Waals surface area contributed by atoms with Gasteiger partial charge in [0, 0.05) is 5.92 Å². The summed E-state index contributed by atoms with van der Waals surface area (Å²) in [6, 6.07) is 0. The van der Waals surface area contributed by atoms with Crippen molar-refractivity contribution >= 4 is 23.5 Å². The lowest BCUT2D eigenvalue weighted by Crippen LogP contribution is -2.21. The molecular formula is C5H5B3O. The summed E-state index contributed by atoms with van der Waals surface area (Å²) in [6.07, 6.45) is 1.68. The second-order valence-electron chi connectivity index (χ2n) is 1.98. The molecule has 0 aromatic heterocycles. The van der Waals surface area contributed by atoms with Gasteiger partial charge in [0.15, 0.2) is 0 Å². The molecule has 0 aliphatic heterocycles. The first-order valence-corrected chi connectivity index (χ1v) is 2.49. The molecule has 0 spiro atoms. The predicted molar refractivity (Wildman–Crippen MR) is 38.8 cm³/mol. The third-order valence-corrected chi connectivity index (χ3v) is 1.03. The minimum Gasteiger partial charge on any atom is -0.462 e. The van der Waals surface area contributed by atoms with Gasteiger partial charge in [0.05, 0.1) is 23.5 Å². The molecule has 0 rings (SSSR count). The van der Waals surface area contributed by atoms with E-state index in [0.717, 1.165) is 0 Å². The maximum absolute atomic E-state index is 8.07. The molecule has 0 fully saturated rings. The quantitative estimate of drug-likeness (QED) is 0.360. The molecule has 6 radical (unpaired) electrons. The van der Waals surface area contributed by atoms with E-state index in [2.05, 4.69) is 5.92 Å². The molecule has 0 heterocycles. The zero-order chi connectivity index (χ0) is 7.49. The van der Waals surface area contributed by atoms with Gasteiger partial charge in [-0.1, -0.05) is 12.8 Å². The lowest BCUT2D eigenvalue weighted by atomic mass is 9.38. The molecule has 1 N–H and O–H groups in total. The fourth-order valence-electron chi connectivity index (χ4n) is 0.222. The van der Waals surface area contributed by atoms with Crippen molar-refractivity contribution in [2.45, 2.75) is 12.0 Å². The topological polar surface area (TPSA) is 20.2 Å². The van der Waals surface area contributed by atoms with Gasteiger partial charge in [-0.05, 0) is 0 Å². The van der Waals surface area contributed by atoms with Crippen molar-refractivity contribution in [1.29, 1.82) is 0 Å². The van der Waals surface area contributed by atoms with Gasteiger partial charge in [-0.15, -0.1) is 5.11 Å². The minimum atomic E-state index is -1.32. The number of hydrogen-bond acceptors (Lipinski definition) is 1. The zero-order valence-electron chi connectivity index (χ0n) is 5.26. The standard InChI is InChI=1S/C5H5B3O/c1-4(2-3-9)5(6,7)8/h4,9H,1H3. The van der Waals surface area contributed by atoms with Gasteiger partial charge in [-0.2, -0.15) is 0 Å². The van der Waals surface area contributed by atoms with E-state index >= 15 is 0 Å². The molecule has 0 amide bonds. The molecule has 0 aromatic rings. The van der Waals surface area contributed by atoms with Crippen LogP contribution < -0.4 is 0 Å². The largest absolute Gasteiger partial charge is 0.462 e. The summed E-state index contributed by atoms with van der Waals surface area (Å²) in [7, 11) is 15.6. The van der Waals surface area contributed by atoms with Crippen LogP contribution in [0.5, 0.6) is 0 Å². The van der Waals surface area contributed by atoms with Crippen LogP contribution in [0.3, 0.4) is 0 Å². The molecule has 0 aliphatic rings. The highest BCUT2D eigenvalue weighted by Gasteiger charge is 2.15. The first kappa shape index (κ1) is 8.55. The Kier molecular flexibility index (Phi) is 2.77. The van der Waals surface area contributed by atoms with Crippen molar-refractivity contribution < 1.29 is 5.11 Å². The Bertz CT molecular complexity index is 139. The van der Waals surface area contributed by atoms with Crippen LogP contribution in [0, 0.1) is 17.9 Å². The smallest absolute Gasteiger partial charge is 0.107 e. The van der Waals surface area contributed by atoms with Crippen molar-refractivity contribution in [3.8, 4) is 12.0 Å². The second kappa shape index (κ2) is 2.91. The molecule has 4 heteroatoms. The lowest BCUT2D eigenvalue weighted by Gasteiger charge is -2.22. The normalized spacial score (nSPS) is 13.4. The highest BCUT2D eigenvalue weighted by Crippen LogP contribution is 2.20. The summed E-state index contributed by atoms with van der Waals surface area (Å²) in [6.45, 7) is 1.63. The molecule has 9 heavy (non-hydrogen) atoms. The number of rotatable bonds is 1. The van der Waals surface area contributed by atoms with Crippen molar-refractivity contribution in [3.05, 3.63) is 0 Å². The molecule has 40 valence electrons. The molecule has 0 saturated heterocycles. The summed E-state index contributed by atoms with van der Waals surface area (Å²) < 4.78 is 0. The summed E-state index contributed by atoms with van der Waals surface area (Å²) in [4.78, 5) is 0. The van der Waals surface area contributed by atoms with Crippen LogP contribution in [-0.2, 0) is 0 Å². The van der Waals surface area contributed by atoms with Crippen LogP contribution in [0.25, 0.3) is 0 Å². The first-order valence-electron chi connectivity index (χ1n) is 2.49.